The number of amides is 2. The SMILES string of the molecule is COc1ccc(C#CC(=O)N(C)CC(C)(C)CNC(C)=O)cc1. The van der Waals surface area contributed by atoms with Crippen LogP contribution in [0.4, 0.5) is 0 Å². The minimum absolute atomic E-state index is 0.0775. The molecule has 1 rings (SSSR count). The smallest absolute Gasteiger partial charge is 0.298 e. The first kappa shape index (κ1) is 18.6. The summed E-state index contributed by atoms with van der Waals surface area (Å²) in [7, 11) is 3.31. The molecule has 0 aliphatic heterocycles. The molecule has 0 heterocycles. The predicted octanol–water partition coefficient (Wildman–Crippen LogP) is 1.67. The van der Waals surface area contributed by atoms with Gasteiger partial charge in [0, 0.05) is 38.5 Å². The van der Waals surface area contributed by atoms with Gasteiger partial charge in [0.1, 0.15) is 5.75 Å². The molecule has 124 valence electrons. The molecule has 0 spiro atoms. The number of carbonyl (C=O) groups is 2. The highest BCUT2D eigenvalue weighted by Crippen LogP contribution is 2.15. The molecular weight excluding hydrogens is 292 g/mol. The molecule has 0 aliphatic carbocycles. The topological polar surface area (TPSA) is 58.6 Å². The van der Waals surface area contributed by atoms with Crippen LogP contribution in [0.2, 0.25) is 0 Å². The molecule has 23 heavy (non-hydrogen) atoms. The zero-order chi connectivity index (χ0) is 17.5. The summed E-state index contributed by atoms with van der Waals surface area (Å²) in [5.41, 5.74) is 0.530. The molecule has 0 aliphatic rings. The van der Waals surface area contributed by atoms with Gasteiger partial charge in [-0.15, -0.1) is 0 Å². The Bertz CT molecular complexity index is 609. The molecule has 1 aromatic carbocycles. The number of benzene rings is 1. The van der Waals surface area contributed by atoms with E-state index in [1.165, 1.54) is 6.92 Å². The van der Waals surface area contributed by atoms with E-state index in [2.05, 4.69) is 17.2 Å². The van der Waals surface area contributed by atoms with Crippen molar-refractivity contribution in [1.82, 2.24) is 10.2 Å². The van der Waals surface area contributed by atoms with Gasteiger partial charge in [0.25, 0.3) is 5.91 Å². The van der Waals surface area contributed by atoms with Crippen molar-refractivity contribution < 1.29 is 14.3 Å². The standard InChI is InChI=1S/C18H24N2O3/c1-14(21)19-12-18(2,3)13-20(4)17(22)11-8-15-6-9-16(23-5)10-7-15/h6-7,9-10H,12-13H2,1-5H3,(H,19,21). The molecule has 1 aromatic rings. The lowest BCUT2D eigenvalue weighted by atomic mass is 9.92. The van der Waals surface area contributed by atoms with Crippen LogP contribution in [0.15, 0.2) is 24.3 Å². The first-order chi connectivity index (χ1) is 10.7. The Kier molecular flexibility index (Phi) is 6.65. The zero-order valence-corrected chi connectivity index (χ0v) is 14.4. The lowest BCUT2D eigenvalue weighted by Gasteiger charge is -2.29. The molecule has 5 heteroatoms. The van der Waals surface area contributed by atoms with Gasteiger partial charge in [-0.05, 0) is 29.7 Å². The molecule has 1 N–H and O–H groups in total. The number of hydrogen-bond acceptors (Lipinski definition) is 3. The van der Waals surface area contributed by atoms with E-state index in [1.807, 2.05) is 13.8 Å². The van der Waals surface area contributed by atoms with E-state index in [1.54, 1.807) is 43.3 Å². The summed E-state index contributed by atoms with van der Waals surface area (Å²) in [6, 6.07) is 7.21. The molecule has 0 atom stereocenters. The van der Waals surface area contributed by atoms with Gasteiger partial charge in [-0.2, -0.15) is 0 Å². The van der Waals surface area contributed by atoms with Crippen LogP contribution in [0, 0.1) is 17.3 Å². The second-order valence-corrected chi connectivity index (χ2v) is 6.21. The Morgan fingerprint density at radius 3 is 2.39 bits per heavy atom. The first-order valence-corrected chi connectivity index (χ1v) is 7.39. The van der Waals surface area contributed by atoms with E-state index in [0.717, 1.165) is 11.3 Å². The Labute approximate surface area is 138 Å². The van der Waals surface area contributed by atoms with Crippen LogP contribution in [-0.4, -0.2) is 44.0 Å². The fourth-order valence-electron chi connectivity index (χ4n) is 2.03. The molecule has 5 nitrogen and oxygen atoms in total. The fourth-order valence-corrected chi connectivity index (χ4v) is 2.03. The van der Waals surface area contributed by atoms with Crippen LogP contribution in [0.25, 0.3) is 0 Å². The van der Waals surface area contributed by atoms with Gasteiger partial charge in [-0.1, -0.05) is 19.8 Å². The second kappa shape index (κ2) is 8.23. The van der Waals surface area contributed by atoms with Crippen LogP contribution < -0.4 is 10.1 Å². The Morgan fingerprint density at radius 2 is 1.87 bits per heavy atom. The number of rotatable bonds is 5. The number of hydrogen-bond donors (Lipinski definition) is 1. The summed E-state index contributed by atoms with van der Waals surface area (Å²) >= 11 is 0. The Morgan fingerprint density at radius 1 is 1.26 bits per heavy atom. The van der Waals surface area contributed by atoms with E-state index in [-0.39, 0.29) is 17.2 Å². The average Bonchev–Trinajstić information content (AvgIpc) is 2.50. The van der Waals surface area contributed by atoms with Gasteiger partial charge in [0.05, 0.1) is 7.11 Å². The zero-order valence-electron chi connectivity index (χ0n) is 14.4. The second-order valence-electron chi connectivity index (χ2n) is 6.21. The minimum atomic E-state index is -0.253. The summed E-state index contributed by atoms with van der Waals surface area (Å²) in [6.07, 6.45) is 0. The highest BCUT2D eigenvalue weighted by Gasteiger charge is 2.22. The summed E-state index contributed by atoms with van der Waals surface area (Å²) in [4.78, 5) is 24.7. The van der Waals surface area contributed by atoms with Crippen LogP contribution in [0.1, 0.15) is 26.3 Å². The number of nitrogens with one attached hydrogen (secondary N) is 1. The van der Waals surface area contributed by atoms with Crippen molar-refractivity contribution in [2.45, 2.75) is 20.8 Å². The highest BCUT2D eigenvalue weighted by atomic mass is 16.5. The summed E-state index contributed by atoms with van der Waals surface area (Å²) < 4.78 is 5.07. The molecule has 0 bridgehead atoms. The maximum Gasteiger partial charge on any atom is 0.298 e. The third-order valence-electron chi connectivity index (χ3n) is 3.23. The molecule has 0 radical (unpaired) electrons. The molecule has 0 saturated heterocycles. The normalized spacial score (nSPS) is 10.3. The maximum absolute atomic E-state index is 12.1. The van der Waals surface area contributed by atoms with Gasteiger partial charge in [-0.3, -0.25) is 9.59 Å². The van der Waals surface area contributed by atoms with Gasteiger partial charge >= 0.3 is 0 Å². The van der Waals surface area contributed by atoms with E-state index in [0.29, 0.717) is 13.1 Å². The molecule has 0 fully saturated rings. The molecular formula is C18H24N2O3. The Balaban J connectivity index is 2.63. The summed E-state index contributed by atoms with van der Waals surface area (Å²) in [5.74, 6) is 5.90. The van der Waals surface area contributed by atoms with Crippen LogP contribution in [0.3, 0.4) is 0 Å². The van der Waals surface area contributed by atoms with Gasteiger partial charge in [0.2, 0.25) is 5.91 Å². The van der Waals surface area contributed by atoms with Gasteiger partial charge in [0.15, 0.2) is 0 Å². The largest absolute Gasteiger partial charge is 0.497 e. The van der Waals surface area contributed by atoms with Crippen molar-refractivity contribution in [3.05, 3.63) is 29.8 Å². The summed E-state index contributed by atoms with van der Waals surface area (Å²) in [6.45, 7) is 6.47. The molecule has 0 unspecified atom stereocenters. The van der Waals surface area contributed by atoms with E-state index in [9.17, 15) is 9.59 Å². The summed E-state index contributed by atoms with van der Waals surface area (Å²) in [5, 5.41) is 2.77. The fraction of sp³-hybridized carbons (Fsp3) is 0.444. The number of ether oxygens (including phenoxy) is 1. The van der Waals surface area contributed by atoms with Crippen molar-refractivity contribution in [3.63, 3.8) is 0 Å². The monoisotopic (exact) mass is 316 g/mol. The number of nitrogens with zero attached hydrogens (tertiary/aromatic N) is 1. The molecule has 0 aromatic heterocycles. The lowest BCUT2D eigenvalue weighted by Crippen LogP contribution is -2.42. The van der Waals surface area contributed by atoms with Crippen LogP contribution in [0.5, 0.6) is 5.75 Å². The van der Waals surface area contributed by atoms with Crippen LogP contribution in [-0.2, 0) is 9.59 Å². The van der Waals surface area contributed by atoms with Gasteiger partial charge < -0.3 is 15.0 Å². The predicted molar refractivity (Wildman–Crippen MR) is 90.0 cm³/mol. The van der Waals surface area contributed by atoms with Gasteiger partial charge in [-0.25, -0.2) is 0 Å². The first-order valence-electron chi connectivity index (χ1n) is 7.39. The quantitative estimate of drug-likeness (QED) is 0.841. The van der Waals surface area contributed by atoms with E-state index >= 15 is 0 Å². The van der Waals surface area contributed by atoms with Crippen molar-refractivity contribution in [2.75, 3.05) is 27.2 Å². The van der Waals surface area contributed by atoms with Crippen molar-refractivity contribution in [3.8, 4) is 17.6 Å². The molecule has 0 saturated carbocycles. The molecule has 2 amide bonds. The third kappa shape index (κ3) is 6.88. The highest BCUT2D eigenvalue weighted by molar-refractivity contribution is 5.94. The van der Waals surface area contributed by atoms with Crippen molar-refractivity contribution in [1.29, 1.82) is 0 Å². The average molecular weight is 316 g/mol. The van der Waals surface area contributed by atoms with Crippen molar-refractivity contribution >= 4 is 11.8 Å². The van der Waals surface area contributed by atoms with Crippen molar-refractivity contribution in [2.24, 2.45) is 5.41 Å². The third-order valence-corrected chi connectivity index (χ3v) is 3.23. The minimum Gasteiger partial charge on any atom is -0.497 e. The van der Waals surface area contributed by atoms with E-state index in [4.69, 9.17) is 4.74 Å². The Hall–Kier alpha value is -2.48. The van der Waals surface area contributed by atoms with Crippen LogP contribution >= 0.6 is 0 Å². The number of methoxy groups -OCH3 is 1. The maximum atomic E-state index is 12.1. The van der Waals surface area contributed by atoms with E-state index < -0.39 is 0 Å². The lowest BCUT2D eigenvalue weighted by molar-refractivity contribution is -0.125. The number of carbonyl (C=O) groups excluding carboxylic acids is 2.